The molecule has 0 saturated carbocycles. The monoisotopic (exact) mass is 478 g/mol. The van der Waals surface area contributed by atoms with Gasteiger partial charge in [-0.1, -0.05) is 12.1 Å². The predicted molar refractivity (Wildman–Crippen MR) is 120 cm³/mol. The lowest BCUT2D eigenvalue weighted by Gasteiger charge is -2.39. The van der Waals surface area contributed by atoms with Gasteiger partial charge >= 0.3 is 0 Å². The fraction of sp³-hybridized carbons (Fsp3) is 0.458. The number of carbonyl (C=O) groups is 1. The van der Waals surface area contributed by atoms with Gasteiger partial charge in [-0.2, -0.15) is 0 Å². The molecule has 1 aliphatic heterocycles. The molecule has 10 nitrogen and oxygen atoms in total. The van der Waals surface area contributed by atoms with Crippen LogP contribution in [-0.4, -0.2) is 84.9 Å². The zero-order valence-corrected chi connectivity index (χ0v) is 19.2. The number of aliphatic hydroxyl groups is 4. The Hall–Kier alpha value is -2.89. The maximum absolute atomic E-state index is 12.9. The highest BCUT2D eigenvalue weighted by Gasteiger charge is 2.44. The van der Waals surface area contributed by atoms with E-state index >= 15 is 0 Å². The molecule has 0 aromatic heterocycles. The van der Waals surface area contributed by atoms with Gasteiger partial charge in [-0.3, -0.25) is 4.79 Å². The van der Waals surface area contributed by atoms with E-state index < -0.39 is 37.3 Å². The zero-order valence-electron chi connectivity index (χ0n) is 19.2. The van der Waals surface area contributed by atoms with E-state index in [9.17, 15) is 25.2 Å². The Morgan fingerprint density at radius 2 is 1.50 bits per heavy atom. The summed E-state index contributed by atoms with van der Waals surface area (Å²) in [5.41, 5.74) is 1.20. The third kappa shape index (κ3) is 5.60. The van der Waals surface area contributed by atoms with E-state index in [1.807, 2.05) is 0 Å². The fourth-order valence-corrected chi connectivity index (χ4v) is 3.70. The van der Waals surface area contributed by atoms with Gasteiger partial charge < -0.3 is 44.1 Å². The summed E-state index contributed by atoms with van der Waals surface area (Å²) in [5.74, 6) is 1.44. The number of benzene rings is 2. The first-order valence-corrected chi connectivity index (χ1v) is 10.7. The maximum Gasteiger partial charge on any atom is 0.229 e. The first kappa shape index (κ1) is 25.7. The molecule has 0 aliphatic carbocycles. The molecule has 0 amide bonds. The molecule has 10 heteroatoms. The normalized spacial score (nSPS) is 24.4. The minimum Gasteiger partial charge on any atom is -0.496 e. The lowest BCUT2D eigenvalue weighted by molar-refractivity contribution is -0.277. The van der Waals surface area contributed by atoms with Gasteiger partial charge in [0.15, 0.2) is 5.78 Å². The largest absolute Gasteiger partial charge is 0.496 e. The number of carbonyl (C=O) groups excluding carboxylic acids is 1. The molecule has 1 aliphatic rings. The molecular weight excluding hydrogens is 448 g/mol. The molecule has 2 aromatic carbocycles. The molecule has 186 valence electrons. The number of hydrogen-bond acceptors (Lipinski definition) is 10. The van der Waals surface area contributed by atoms with E-state index in [1.54, 1.807) is 36.4 Å². The highest BCUT2D eigenvalue weighted by Crippen LogP contribution is 2.35. The van der Waals surface area contributed by atoms with E-state index in [0.717, 1.165) is 5.56 Å². The topological polar surface area (TPSA) is 144 Å². The number of Topliss-reactive ketones (excluding diaryl/α,β-unsaturated/α-hetero) is 1. The van der Waals surface area contributed by atoms with Crippen LogP contribution in [0.3, 0.4) is 0 Å². The van der Waals surface area contributed by atoms with Crippen molar-refractivity contribution in [3.05, 3.63) is 47.5 Å². The molecule has 1 heterocycles. The van der Waals surface area contributed by atoms with Crippen LogP contribution in [0.4, 0.5) is 0 Å². The van der Waals surface area contributed by atoms with Crippen molar-refractivity contribution in [2.75, 3.05) is 27.9 Å². The van der Waals surface area contributed by atoms with Gasteiger partial charge in [0.25, 0.3) is 0 Å². The van der Waals surface area contributed by atoms with Crippen LogP contribution in [0.2, 0.25) is 0 Å². The summed E-state index contributed by atoms with van der Waals surface area (Å²) in [5, 5.41) is 39.1. The minimum absolute atomic E-state index is 0.155. The van der Waals surface area contributed by atoms with Gasteiger partial charge in [-0.25, -0.2) is 0 Å². The Kier molecular flexibility index (Phi) is 8.70. The Bertz CT molecular complexity index is 934. The fourth-order valence-electron chi connectivity index (χ4n) is 3.70. The van der Waals surface area contributed by atoms with E-state index in [2.05, 4.69) is 0 Å². The molecular formula is C24H30O10. The highest BCUT2D eigenvalue weighted by atomic mass is 16.7. The van der Waals surface area contributed by atoms with Crippen LogP contribution in [0.5, 0.6) is 23.0 Å². The van der Waals surface area contributed by atoms with Crippen molar-refractivity contribution in [1.82, 2.24) is 0 Å². The summed E-state index contributed by atoms with van der Waals surface area (Å²) in [4.78, 5) is 12.9. The summed E-state index contributed by atoms with van der Waals surface area (Å²) in [7, 11) is 4.46. The van der Waals surface area contributed by atoms with E-state index in [0.29, 0.717) is 35.0 Å². The maximum atomic E-state index is 12.9. The molecule has 4 N–H and O–H groups in total. The second-order valence-electron chi connectivity index (χ2n) is 7.79. The van der Waals surface area contributed by atoms with Crippen LogP contribution in [0.25, 0.3) is 0 Å². The molecule has 1 saturated heterocycles. The Morgan fingerprint density at radius 3 is 2.03 bits per heavy atom. The average Bonchev–Trinajstić information content (AvgIpc) is 2.87. The van der Waals surface area contributed by atoms with Crippen molar-refractivity contribution >= 4 is 5.78 Å². The summed E-state index contributed by atoms with van der Waals surface area (Å²) in [6.45, 7) is -0.540. The Labute approximate surface area is 197 Å². The third-order valence-corrected chi connectivity index (χ3v) is 5.66. The van der Waals surface area contributed by atoms with Crippen LogP contribution in [0, 0.1) is 0 Å². The summed E-state index contributed by atoms with van der Waals surface area (Å²) >= 11 is 0. The van der Waals surface area contributed by atoms with Crippen molar-refractivity contribution in [3.63, 3.8) is 0 Å². The molecule has 0 bridgehead atoms. The molecule has 3 rings (SSSR count). The van der Waals surface area contributed by atoms with E-state index in [4.69, 9.17) is 23.7 Å². The van der Waals surface area contributed by atoms with Gasteiger partial charge in [0.1, 0.15) is 53.0 Å². The zero-order chi connectivity index (χ0) is 24.8. The number of aliphatic hydroxyl groups excluding tert-OH is 4. The van der Waals surface area contributed by atoms with Crippen molar-refractivity contribution in [2.24, 2.45) is 0 Å². The molecule has 5 atom stereocenters. The van der Waals surface area contributed by atoms with Crippen LogP contribution in [0.1, 0.15) is 22.3 Å². The molecule has 34 heavy (non-hydrogen) atoms. The van der Waals surface area contributed by atoms with Crippen LogP contribution < -0.4 is 18.9 Å². The van der Waals surface area contributed by atoms with Crippen molar-refractivity contribution in [3.8, 4) is 23.0 Å². The second kappa shape index (κ2) is 11.5. The van der Waals surface area contributed by atoms with Gasteiger partial charge in [-0.05, 0) is 24.1 Å². The standard InChI is InChI=1S/C24H30O10/c1-30-15-10-17(31-2)20(18(11-15)32-3)16(26)9-6-13-4-7-14(8-5-13)33-24-23(29)22(28)21(27)19(12-25)34-24/h4-5,7-8,10-11,19,21-25,27-29H,6,9,12H2,1-3H3. The molecule has 5 unspecified atom stereocenters. The van der Waals surface area contributed by atoms with E-state index in [-0.39, 0.29) is 12.2 Å². The second-order valence-corrected chi connectivity index (χ2v) is 7.79. The van der Waals surface area contributed by atoms with Crippen LogP contribution in [-0.2, 0) is 11.2 Å². The number of hydrogen-bond donors (Lipinski definition) is 4. The quantitative estimate of drug-likeness (QED) is 0.360. The molecule has 0 spiro atoms. The summed E-state index contributed by atoms with van der Waals surface area (Å²) in [6, 6.07) is 10.0. The van der Waals surface area contributed by atoms with Crippen LogP contribution >= 0.6 is 0 Å². The number of methoxy groups -OCH3 is 3. The first-order valence-electron chi connectivity index (χ1n) is 10.7. The van der Waals surface area contributed by atoms with Gasteiger partial charge in [0.05, 0.1) is 27.9 Å². The van der Waals surface area contributed by atoms with E-state index in [1.165, 1.54) is 21.3 Å². The van der Waals surface area contributed by atoms with Crippen LogP contribution in [0.15, 0.2) is 36.4 Å². The first-order chi connectivity index (χ1) is 16.3. The average molecular weight is 478 g/mol. The highest BCUT2D eigenvalue weighted by molar-refractivity contribution is 6.01. The lowest BCUT2D eigenvalue weighted by atomic mass is 9.99. The number of aryl methyl sites for hydroxylation is 1. The third-order valence-electron chi connectivity index (χ3n) is 5.66. The number of rotatable bonds is 10. The number of ketones is 1. The molecule has 2 aromatic rings. The number of ether oxygens (including phenoxy) is 5. The summed E-state index contributed by atoms with van der Waals surface area (Å²) < 4.78 is 26.8. The lowest BCUT2D eigenvalue weighted by Crippen LogP contribution is -2.60. The van der Waals surface area contributed by atoms with Gasteiger partial charge in [0.2, 0.25) is 6.29 Å². The SMILES string of the molecule is COc1cc(OC)c(C(=O)CCc2ccc(OC3OC(CO)C(O)C(O)C3O)cc2)c(OC)c1. The molecule has 1 fully saturated rings. The summed E-state index contributed by atoms with van der Waals surface area (Å²) in [6.07, 6.45) is -6.15. The Morgan fingerprint density at radius 1 is 0.882 bits per heavy atom. The van der Waals surface area contributed by atoms with Crippen molar-refractivity contribution in [2.45, 2.75) is 43.5 Å². The molecule has 0 radical (unpaired) electrons. The Balaban J connectivity index is 1.64. The van der Waals surface area contributed by atoms with Crippen molar-refractivity contribution < 1.29 is 48.9 Å². The minimum atomic E-state index is -1.52. The van der Waals surface area contributed by atoms with Gasteiger partial charge in [-0.15, -0.1) is 0 Å². The smallest absolute Gasteiger partial charge is 0.229 e. The van der Waals surface area contributed by atoms with Gasteiger partial charge in [0, 0.05) is 18.6 Å². The van der Waals surface area contributed by atoms with Crippen molar-refractivity contribution in [1.29, 1.82) is 0 Å². The predicted octanol–water partition coefficient (Wildman–Crippen LogP) is 0.707.